The summed E-state index contributed by atoms with van der Waals surface area (Å²) in [7, 11) is 0. The van der Waals surface area contributed by atoms with Crippen molar-refractivity contribution in [2.75, 3.05) is 19.7 Å². The first kappa shape index (κ1) is 13.6. The van der Waals surface area contributed by atoms with E-state index in [1.807, 2.05) is 24.3 Å². The Morgan fingerprint density at radius 2 is 2.14 bits per heavy atom. The molecular weight excluding hydrogens is 274 g/mol. The Balaban J connectivity index is 1.76. The average molecular weight is 289 g/mol. The summed E-state index contributed by atoms with van der Waals surface area (Å²) in [5.41, 5.74) is 1.76. The maximum atomic E-state index is 11.0. The number of amides is 1. The summed E-state index contributed by atoms with van der Waals surface area (Å²) in [6.07, 6.45) is -1.16. The van der Waals surface area contributed by atoms with Gasteiger partial charge in [0.2, 0.25) is 0 Å². The fourth-order valence-corrected chi connectivity index (χ4v) is 2.28. The quantitative estimate of drug-likeness (QED) is 0.910. The first-order valence-electron chi connectivity index (χ1n) is 6.63. The number of aryl methyl sites for hydroxylation is 1. The maximum absolute atomic E-state index is 11.0. The van der Waals surface area contributed by atoms with Gasteiger partial charge in [-0.15, -0.1) is 0 Å². The van der Waals surface area contributed by atoms with Crippen LogP contribution in [0, 0.1) is 6.92 Å². The highest BCUT2D eigenvalue weighted by atomic mass is 16.5. The lowest BCUT2D eigenvalue weighted by Gasteiger charge is -2.31. The third-order valence-corrected chi connectivity index (χ3v) is 3.39. The Hall–Kier alpha value is -2.41. The predicted octanol–water partition coefficient (Wildman–Crippen LogP) is 2.10. The van der Waals surface area contributed by atoms with Crippen molar-refractivity contribution in [2.24, 2.45) is 0 Å². The topological polar surface area (TPSA) is 88.7 Å². The van der Waals surface area contributed by atoms with Gasteiger partial charge in [0.05, 0.1) is 13.2 Å². The van der Waals surface area contributed by atoms with E-state index in [1.54, 1.807) is 6.92 Å². The van der Waals surface area contributed by atoms with E-state index in [-0.39, 0.29) is 6.10 Å². The van der Waals surface area contributed by atoms with Crippen LogP contribution in [0.1, 0.15) is 17.5 Å². The third-order valence-electron chi connectivity index (χ3n) is 3.39. The number of ether oxygens (including phenoxy) is 1. The summed E-state index contributed by atoms with van der Waals surface area (Å²) in [5.74, 6) is 1.05. The van der Waals surface area contributed by atoms with Crippen molar-refractivity contribution in [3.05, 3.63) is 35.7 Å². The number of nitrogens with zero attached hydrogens (tertiary/aromatic N) is 3. The van der Waals surface area contributed by atoms with Gasteiger partial charge in [-0.1, -0.05) is 17.3 Å². The van der Waals surface area contributed by atoms with Crippen LogP contribution in [0.4, 0.5) is 4.79 Å². The summed E-state index contributed by atoms with van der Waals surface area (Å²) in [5, 5.41) is 12.8. The maximum Gasteiger partial charge on any atom is 0.407 e. The van der Waals surface area contributed by atoms with E-state index in [1.165, 1.54) is 4.90 Å². The number of carbonyl (C=O) groups is 1. The summed E-state index contributed by atoms with van der Waals surface area (Å²) in [6.45, 7) is 2.92. The van der Waals surface area contributed by atoms with Crippen LogP contribution < -0.4 is 0 Å². The molecule has 1 saturated heterocycles. The minimum absolute atomic E-state index is 0.242. The first-order chi connectivity index (χ1) is 10.1. The van der Waals surface area contributed by atoms with Crippen molar-refractivity contribution in [1.82, 2.24) is 15.0 Å². The molecule has 1 aromatic carbocycles. The van der Waals surface area contributed by atoms with Crippen molar-refractivity contribution >= 4 is 6.09 Å². The Kier molecular flexibility index (Phi) is 3.57. The normalized spacial score (nSPS) is 18.7. The van der Waals surface area contributed by atoms with Crippen molar-refractivity contribution in [2.45, 2.75) is 13.0 Å². The van der Waals surface area contributed by atoms with Gasteiger partial charge in [-0.3, -0.25) is 0 Å². The predicted molar refractivity (Wildman–Crippen MR) is 72.8 cm³/mol. The smallest absolute Gasteiger partial charge is 0.407 e. The molecule has 0 saturated carbocycles. The second-order valence-electron chi connectivity index (χ2n) is 4.86. The molecule has 21 heavy (non-hydrogen) atoms. The zero-order valence-corrected chi connectivity index (χ0v) is 11.5. The third kappa shape index (κ3) is 2.87. The zero-order valence-electron chi connectivity index (χ0n) is 11.5. The van der Waals surface area contributed by atoms with Gasteiger partial charge in [-0.05, 0) is 24.6 Å². The fourth-order valence-electron chi connectivity index (χ4n) is 2.28. The fraction of sp³-hybridized carbons (Fsp3) is 0.357. The molecule has 1 aromatic heterocycles. The second-order valence-corrected chi connectivity index (χ2v) is 4.86. The van der Waals surface area contributed by atoms with Crippen LogP contribution in [-0.2, 0) is 4.74 Å². The van der Waals surface area contributed by atoms with E-state index < -0.39 is 6.09 Å². The number of hydrogen-bond donors (Lipinski definition) is 1. The molecule has 1 unspecified atom stereocenters. The number of benzene rings is 1. The summed E-state index contributed by atoms with van der Waals surface area (Å²) in [4.78, 5) is 16.5. The molecule has 3 rings (SSSR count). The largest absolute Gasteiger partial charge is 0.465 e. The van der Waals surface area contributed by atoms with Crippen LogP contribution in [0.25, 0.3) is 11.5 Å². The molecular formula is C14H15N3O4. The molecule has 1 atom stereocenters. The number of aromatic nitrogens is 2. The van der Waals surface area contributed by atoms with Crippen molar-refractivity contribution in [3.8, 4) is 11.5 Å². The minimum atomic E-state index is -0.916. The van der Waals surface area contributed by atoms with Crippen LogP contribution in [0.15, 0.2) is 28.8 Å². The van der Waals surface area contributed by atoms with Crippen LogP contribution in [-0.4, -0.2) is 45.9 Å². The molecule has 2 aromatic rings. The van der Waals surface area contributed by atoms with Gasteiger partial charge in [-0.25, -0.2) is 4.79 Å². The standard InChI is InChI=1S/C14H15N3O4/c1-9-15-13(21-16-9)11-4-2-10(3-5-11)12-8-17(14(18)19)6-7-20-12/h2-5,12H,6-8H2,1H3,(H,18,19). The van der Waals surface area contributed by atoms with E-state index in [2.05, 4.69) is 10.1 Å². The highest BCUT2D eigenvalue weighted by molar-refractivity contribution is 5.65. The summed E-state index contributed by atoms with van der Waals surface area (Å²) in [6, 6.07) is 7.52. The molecule has 1 aliphatic heterocycles. The summed E-state index contributed by atoms with van der Waals surface area (Å²) >= 11 is 0. The molecule has 7 nitrogen and oxygen atoms in total. The van der Waals surface area contributed by atoms with E-state index in [4.69, 9.17) is 14.4 Å². The molecule has 110 valence electrons. The van der Waals surface area contributed by atoms with E-state index in [9.17, 15) is 4.79 Å². The monoisotopic (exact) mass is 289 g/mol. The summed E-state index contributed by atoms with van der Waals surface area (Å²) < 4.78 is 10.7. The molecule has 2 heterocycles. The van der Waals surface area contributed by atoms with E-state index in [0.717, 1.165) is 11.1 Å². The van der Waals surface area contributed by atoms with Crippen molar-refractivity contribution < 1.29 is 19.2 Å². The van der Waals surface area contributed by atoms with Gasteiger partial charge >= 0.3 is 6.09 Å². The molecule has 1 amide bonds. The molecule has 0 radical (unpaired) electrons. The van der Waals surface area contributed by atoms with Gasteiger partial charge < -0.3 is 19.3 Å². The Morgan fingerprint density at radius 1 is 1.38 bits per heavy atom. The lowest BCUT2D eigenvalue weighted by molar-refractivity contribution is -0.0231. The van der Waals surface area contributed by atoms with Gasteiger partial charge in [0.1, 0.15) is 6.10 Å². The molecule has 7 heteroatoms. The number of morpholine rings is 1. The van der Waals surface area contributed by atoms with Gasteiger partial charge in [0.15, 0.2) is 5.82 Å². The van der Waals surface area contributed by atoms with E-state index in [0.29, 0.717) is 31.4 Å². The highest BCUT2D eigenvalue weighted by Crippen LogP contribution is 2.25. The second kappa shape index (κ2) is 5.53. The Morgan fingerprint density at radius 3 is 2.76 bits per heavy atom. The SMILES string of the molecule is Cc1noc(-c2ccc(C3CN(C(=O)O)CCO3)cc2)n1. The van der Waals surface area contributed by atoms with Gasteiger partial charge in [0.25, 0.3) is 5.89 Å². The van der Waals surface area contributed by atoms with Crippen molar-refractivity contribution in [3.63, 3.8) is 0 Å². The molecule has 1 N–H and O–H groups in total. The zero-order chi connectivity index (χ0) is 14.8. The first-order valence-corrected chi connectivity index (χ1v) is 6.63. The molecule has 0 aliphatic carbocycles. The minimum Gasteiger partial charge on any atom is -0.465 e. The van der Waals surface area contributed by atoms with Crippen molar-refractivity contribution in [1.29, 1.82) is 0 Å². The van der Waals surface area contributed by atoms with Crippen LogP contribution >= 0.6 is 0 Å². The van der Waals surface area contributed by atoms with Crippen LogP contribution in [0.2, 0.25) is 0 Å². The number of carboxylic acid groups (broad SMARTS) is 1. The van der Waals surface area contributed by atoms with Gasteiger partial charge in [0, 0.05) is 12.1 Å². The molecule has 1 fully saturated rings. The molecule has 0 spiro atoms. The molecule has 1 aliphatic rings. The number of rotatable bonds is 2. The lowest BCUT2D eigenvalue weighted by atomic mass is 10.1. The Bertz CT molecular complexity index is 638. The average Bonchev–Trinajstić information content (AvgIpc) is 2.94. The molecule has 0 bridgehead atoms. The van der Waals surface area contributed by atoms with Gasteiger partial charge in [-0.2, -0.15) is 4.98 Å². The number of hydrogen-bond acceptors (Lipinski definition) is 5. The lowest BCUT2D eigenvalue weighted by Crippen LogP contribution is -2.41. The van der Waals surface area contributed by atoms with Crippen LogP contribution in [0.5, 0.6) is 0 Å². The highest BCUT2D eigenvalue weighted by Gasteiger charge is 2.25. The Labute approximate surface area is 121 Å². The van der Waals surface area contributed by atoms with Crippen LogP contribution in [0.3, 0.4) is 0 Å². The van der Waals surface area contributed by atoms with E-state index >= 15 is 0 Å².